The maximum Gasteiger partial charge on any atom is 0.317 e. The summed E-state index contributed by atoms with van der Waals surface area (Å²) in [6.07, 6.45) is 7.83. The molecule has 0 aliphatic carbocycles. The summed E-state index contributed by atoms with van der Waals surface area (Å²) in [6, 6.07) is 1.96. The summed E-state index contributed by atoms with van der Waals surface area (Å²) in [4.78, 5) is 22.2. The van der Waals surface area contributed by atoms with Gasteiger partial charge in [-0.3, -0.25) is 14.1 Å². The Labute approximate surface area is 146 Å². The third-order valence-corrected chi connectivity index (χ3v) is 4.13. The van der Waals surface area contributed by atoms with E-state index in [-0.39, 0.29) is 6.03 Å². The molecule has 3 heterocycles. The van der Waals surface area contributed by atoms with E-state index in [1.54, 1.807) is 30.5 Å². The van der Waals surface area contributed by atoms with E-state index in [9.17, 15) is 4.79 Å². The van der Waals surface area contributed by atoms with Gasteiger partial charge in [0.15, 0.2) is 5.65 Å². The number of carbonyl (C=O) groups excluding carboxylic acids is 1. The van der Waals surface area contributed by atoms with Crippen molar-refractivity contribution in [2.24, 2.45) is 0 Å². The molecule has 0 aromatic carbocycles. The van der Waals surface area contributed by atoms with Crippen LogP contribution in [0.15, 0.2) is 30.9 Å². The Morgan fingerprint density at radius 3 is 2.92 bits per heavy atom. The van der Waals surface area contributed by atoms with Gasteiger partial charge in [0.25, 0.3) is 0 Å². The average molecular weight is 341 g/mol. The Hall–Kier alpha value is -2.90. The number of nitrogens with zero attached hydrogens (tertiary/aromatic N) is 6. The second kappa shape index (κ2) is 7.33. The molecule has 0 unspecified atom stereocenters. The molecule has 25 heavy (non-hydrogen) atoms. The fourth-order valence-corrected chi connectivity index (χ4v) is 2.79. The van der Waals surface area contributed by atoms with Gasteiger partial charge in [0.2, 0.25) is 0 Å². The number of aryl methyl sites for hydroxylation is 3. The van der Waals surface area contributed by atoms with Crippen LogP contribution in [0.25, 0.3) is 5.65 Å². The Bertz CT molecular complexity index is 867. The molecule has 0 saturated heterocycles. The van der Waals surface area contributed by atoms with Crippen molar-refractivity contribution in [3.63, 3.8) is 0 Å². The number of urea groups is 1. The zero-order chi connectivity index (χ0) is 17.8. The topological polar surface area (TPSA) is 80.4 Å². The third kappa shape index (κ3) is 3.96. The van der Waals surface area contributed by atoms with E-state index in [2.05, 4.69) is 26.4 Å². The molecule has 0 spiro atoms. The van der Waals surface area contributed by atoms with E-state index in [0.29, 0.717) is 13.1 Å². The molecule has 3 rings (SSSR count). The molecule has 0 fully saturated rings. The van der Waals surface area contributed by atoms with Crippen LogP contribution in [0.1, 0.15) is 23.5 Å². The van der Waals surface area contributed by atoms with Gasteiger partial charge < -0.3 is 10.2 Å². The van der Waals surface area contributed by atoms with Crippen molar-refractivity contribution in [2.45, 2.75) is 33.4 Å². The molecule has 3 aromatic heterocycles. The fourth-order valence-electron chi connectivity index (χ4n) is 2.79. The van der Waals surface area contributed by atoms with Crippen molar-refractivity contribution in [2.75, 3.05) is 13.6 Å². The SMILES string of the molecule is Cc1cc(C)n(CCCN(C)C(=O)NCc2cnc3cnccn23)n1. The number of nitrogens with one attached hydrogen (secondary N) is 1. The van der Waals surface area contributed by atoms with Crippen molar-refractivity contribution in [1.82, 2.24) is 34.4 Å². The molecule has 0 radical (unpaired) electrons. The van der Waals surface area contributed by atoms with Crippen LogP contribution >= 0.6 is 0 Å². The fraction of sp³-hybridized carbons (Fsp3) is 0.412. The minimum Gasteiger partial charge on any atom is -0.332 e. The first kappa shape index (κ1) is 16.9. The molecule has 0 atom stereocenters. The first-order chi connectivity index (χ1) is 12.0. The summed E-state index contributed by atoms with van der Waals surface area (Å²) in [5.74, 6) is 0. The minimum absolute atomic E-state index is 0.0997. The Kier molecular flexibility index (Phi) is 4.97. The highest BCUT2D eigenvalue weighted by molar-refractivity contribution is 5.73. The number of imidazole rings is 1. The van der Waals surface area contributed by atoms with Gasteiger partial charge in [-0.1, -0.05) is 0 Å². The highest BCUT2D eigenvalue weighted by Gasteiger charge is 2.10. The predicted octanol–water partition coefficient (Wildman–Crippen LogP) is 1.77. The lowest BCUT2D eigenvalue weighted by Gasteiger charge is -2.18. The zero-order valence-corrected chi connectivity index (χ0v) is 14.8. The summed E-state index contributed by atoms with van der Waals surface area (Å²) in [6.45, 7) is 5.92. The Balaban J connectivity index is 1.47. The molecule has 0 saturated carbocycles. The van der Waals surface area contributed by atoms with Gasteiger partial charge in [0.1, 0.15) is 0 Å². The van der Waals surface area contributed by atoms with Crippen LogP contribution in [-0.4, -0.2) is 48.7 Å². The van der Waals surface area contributed by atoms with Gasteiger partial charge in [0, 0.05) is 38.2 Å². The summed E-state index contributed by atoms with van der Waals surface area (Å²) in [7, 11) is 1.80. The van der Waals surface area contributed by atoms with E-state index in [1.165, 1.54) is 0 Å². The van der Waals surface area contributed by atoms with Crippen LogP contribution in [0.2, 0.25) is 0 Å². The molecular formula is C17H23N7O. The van der Waals surface area contributed by atoms with Crippen molar-refractivity contribution >= 4 is 11.7 Å². The van der Waals surface area contributed by atoms with Gasteiger partial charge in [-0.15, -0.1) is 0 Å². The number of hydrogen-bond acceptors (Lipinski definition) is 4. The number of hydrogen-bond donors (Lipinski definition) is 1. The van der Waals surface area contributed by atoms with Crippen molar-refractivity contribution in [1.29, 1.82) is 0 Å². The molecule has 2 amide bonds. The van der Waals surface area contributed by atoms with Gasteiger partial charge in [-0.2, -0.15) is 5.10 Å². The monoisotopic (exact) mass is 341 g/mol. The van der Waals surface area contributed by atoms with Gasteiger partial charge in [-0.05, 0) is 26.3 Å². The summed E-state index contributed by atoms with van der Waals surface area (Å²) >= 11 is 0. The number of carbonyl (C=O) groups is 1. The quantitative estimate of drug-likeness (QED) is 0.741. The van der Waals surface area contributed by atoms with Crippen molar-refractivity contribution < 1.29 is 4.79 Å². The molecule has 3 aromatic rings. The van der Waals surface area contributed by atoms with Crippen molar-refractivity contribution in [3.8, 4) is 0 Å². The zero-order valence-electron chi connectivity index (χ0n) is 14.8. The summed E-state index contributed by atoms with van der Waals surface area (Å²) < 4.78 is 3.89. The van der Waals surface area contributed by atoms with Crippen LogP contribution in [0.4, 0.5) is 4.79 Å². The predicted molar refractivity (Wildman–Crippen MR) is 94.2 cm³/mol. The van der Waals surface area contributed by atoms with E-state index >= 15 is 0 Å². The van der Waals surface area contributed by atoms with Gasteiger partial charge >= 0.3 is 6.03 Å². The maximum absolute atomic E-state index is 12.2. The second-order valence-electron chi connectivity index (χ2n) is 6.14. The maximum atomic E-state index is 12.2. The van der Waals surface area contributed by atoms with E-state index in [1.807, 2.05) is 29.1 Å². The number of rotatable bonds is 6. The molecular weight excluding hydrogens is 318 g/mol. The molecule has 8 heteroatoms. The number of fused-ring (bicyclic) bond motifs is 1. The van der Waals surface area contributed by atoms with Crippen LogP contribution in [-0.2, 0) is 13.1 Å². The lowest BCUT2D eigenvalue weighted by atomic mass is 10.3. The highest BCUT2D eigenvalue weighted by Crippen LogP contribution is 2.05. The molecule has 8 nitrogen and oxygen atoms in total. The van der Waals surface area contributed by atoms with Crippen LogP contribution in [0.5, 0.6) is 0 Å². The second-order valence-corrected chi connectivity index (χ2v) is 6.14. The normalized spacial score (nSPS) is 11.0. The molecule has 1 N–H and O–H groups in total. The highest BCUT2D eigenvalue weighted by atomic mass is 16.2. The molecule has 0 aliphatic heterocycles. The summed E-state index contributed by atoms with van der Waals surface area (Å²) in [5, 5.41) is 7.36. The van der Waals surface area contributed by atoms with Crippen molar-refractivity contribution in [3.05, 3.63) is 47.9 Å². The summed E-state index contributed by atoms with van der Waals surface area (Å²) in [5.41, 5.74) is 3.85. The Morgan fingerprint density at radius 1 is 1.32 bits per heavy atom. The van der Waals surface area contributed by atoms with E-state index < -0.39 is 0 Å². The third-order valence-electron chi connectivity index (χ3n) is 4.13. The van der Waals surface area contributed by atoms with Crippen LogP contribution < -0.4 is 5.32 Å². The van der Waals surface area contributed by atoms with Crippen LogP contribution in [0, 0.1) is 13.8 Å². The lowest BCUT2D eigenvalue weighted by molar-refractivity contribution is 0.206. The standard InChI is InChI=1S/C17H23N7O/c1-13-9-14(2)24(21-13)7-4-6-22(3)17(25)20-11-15-10-19-16-12-18-5-8-23(15)16/h5,8-10,12H,4,6-7,11H2,1-3H3,(H,20,25). The van der Waals surface area contributed by atoms with Crippen LogP contribution in [0.3, 0.4) is 0 Å². The van der Waals surface area contributed by atoms with Gasteiger partial charge in [-0.25, -0.2) is 9.78 Å². The first-order valence-corrected chi connectivity index (χ1v) is 8.30. The smallest absolute Gasteiger partial charge is 0.317 e. The van der Waals surface area contributed by atoms with E-state index in [4.69, 9.17) is 0 Å². The lowest BCUT2D eigenvalue weighted by Crippen LogP contribution is -2.37. The molecule has 132 valence electrons. The number of aromatic nitrogens is 5. The first-order valence-electron chi connectivity index (χ1n) is 8.30. The van der Waals surface area contributed by atoms with E-state index in [0.717, 1.165) is 35.7 Å². The molecule has 0 aliphatic rings. The minimum atomic E-state index is -0.0997. The largest absolute Gasteiger partial charge is 0.332 e. The average Bonchev–Trinajstić information content (AvgIpc) is 3.15. The number of amides is 2. The molecule has 0 bridgehead atoms. The van der Waals surface area contributed by atoms with Gasteiger partial charge in [0.05, 0.1) is 30.3 Å². The Morgan fingerprint density at radius 2 is 2.16 bits per heavy atom.